The van der Waals surface area contributed by atoms with E-state index < -0.39 is 0 Å². The zero-order valence-corrected chi connectivity index (χ0v) is 16.3. The topological polar surface area (TPSA) is 56.8 Å². The zero-order valence-electron chi connectivity index (χ0n) is 15.5. The Morgan fingerprint density at radius 1 is 0.962 bits per heavy atom. The molecule has 0 aromatic heterocycles. The number of ether oxygens (including phenoxy) is 3. The number of carbonyl (C=O) groups excluding carboxylic acids is 1. The Morgan fingerprint density at radius 3 is 2.08 bits per heavy atom. The number of halogens is 1. The highest BCUT2D eigenvalue weighted by atomic mass is 35.5. The normalized spacial score (nSPS) is 10.3. The van der Waals surface area contributed by atoms with Crippen LogP contribution in [0.2, 0.25) is 5.02 Å². The lowest BCUT2D eigenvalue weighted by Gasteiger charge is -2.17. The minimum Gasteiger partial charge on any atom is -0.490 e. The summed E-state index contributed by atoms with van der Waals surface area (Å²) in [5.41, 5.74) is 1.96. The molecule has 0 atom stereocenters. The molecule has 0 aliphatic heterocycles. The van der Waals surface area contributed by atoms with Gasteiger partial charge in [-0.3, -0.25) is 4.79 Å². The van der Waals surface area contributed by atoms with Crippen molar-refractivity contribution in [2.75, 3.05) is 25.1 Å². The number of aryl methyl sites for hydroxylation is 1. The molecule has 2 aromatic carbocycles. The molecular formula is C20H24ClNO4. The first kappa shape index (κ1) is 19.9. The molecule has 140 valence electrons. The molecule has 0 bridgehead atoms. The van der Waals surface area contributed by atoms with Crippen LogP contribution >= 0.6 is 11.6 Å². The van der Waals surface area contributed by atoms with Gasteiger partial charge < -0.3 is 19.5 Å². The monoisotopic (exact) mass is 377 g/mol. The third-order valence-corrected chi connectivity index (χ3v) is 3.87. The summed E-state index contributed by atoms with van der Waals surface area (Å²) < 4.78 is 17.0. The van der Waals surface area contributed by atoms with Crippen LogP contribution in [-0.4, -0.2) is 25.7 Å². The second-order valence-corrected chi connectivity index (χ2v) is 5.95. The molecule has 0 saturated carbocycles. The molecule has 1 amide bonds. The van der Waals surface area contributed by atoms with Gasteiger partial charge in [0, 0.05) is 5.56 Å². The molecule has 0 fully saturated rings. The summed E-state index contributed by atoms with van der Waals surface area (Å²) in [5, 5.41) is 3.31. The maximum Gasteiger partial charge on any atom is 0.255 e. The molecular weight excluding hydrogens is 354 g/mol. The Hall–Kier alpha value is -2.40. The van der Waals surface area contributed by atoms with Crippen molar-refractivity contribution >= 4 is 23.2 Å². The summed E-state index contributed by atoms with van der Waals surface area (Å²) in [4.78, 5) is 12.7. The summed E-state index contributed by atoms with van der Waals surface area (Å²) in [6.07, 6.45) is 0. The third-order valence-electron chi connectivity index (χ3n) is 3.54. The van der Waals surface area contributed by atoms with E-state index in [1.165, 1.54) is 0 Å². The van der Waals surface area contributed by atoms with E-state index in [1.54, 1.807) is 18.2 Å². The molecule has 0 saturated heterocycles. The molecule has 5 nitrogen and oxygen atoms in total. The SMILES string of the molecule is CCOc1cc(C(=O)Nc2cc(C)ccc2Cl)cc(OCC)c1OCC. The van der Waals surface area contributed by atoms with Crippen LogP contribution in [0, 0.1) is 6.92 Å². The summed E-state index contributed by atoms with van der Waals surface area (Å²) in [6, 6.07) is 8.75. The standard InChI is InChI=1S/C20H24ClNO4/c1-5-24-17-11-14(12-18(25-6-2)19(17)26-7-3)20(23)22-16-10-13(4)8-9-15(16)21/h8-12H,5-7H2,1-4H3,(H,22,23). The van der Waals surface area contributed by atoms with Gasteiger partial charge >= 0.3 is 0 Å². The van der Waals surface area contributed by atoms with E-state index in [0.717, 1.165) is 5.56 Å². The van der Waals surface area contributed by atoms with Crippen molar-refractivity contribution in [1.29, 1.82) is 0 Å². The van der Waals surface area contributed by atoms with Crippen LogP contribution in [0.5, 0.6) is 17.2 Å². The Kier molecular flexibility index (Phi) is 7.16. The van der Waals surface area contributed by atoms with Gasteiger partial charge in [0.2, 0.25) is 5.75 Å². The predicted octanol–water partition coefficient (Wildman–Crippen LogP) is 5.10. The van der Waals surface area contributed by atoms with Crippen LogP contribution in [0.3, 0.4) is 0 Å². The average Bonchev–Trinajstić information content (AvgIpc) is 2.61. The molecule has 0 unspecified atom stereocenters. The fourth-order valence-electron chi connectivity index (χ4n) is 2.45. The number of carbonyl (C=O) groups is 1. The lowest BCUT2D eigenvalue weighted by Crippen LogP contribution is -2.13. The number of anilines is 1. The molecule has 0 aliphatic carbocycles. The Bertz CT molecular complexity index is 749. The number of hydrogen-bond donors (Lipinski definition) is 1. The van der Waals surface area contributed by atoms with Crippen LogP contribution in [0.15, 0.2) is 30.3 Å². The van der Waals surface area contributed by atoms with Crippen molar-refractivity contribution in [2.45, 2.75) is 27.7 Å². The average molecular weight is 378 g/mol. The Morgan fingerprint density at radius 2 is 1.54 bits per heavy atom. The van der Waals surface area contributed by atoms with E-state index in [4.69, 9.17) is 25.8 Å². The summed E-state index contributed by atoms with van der Waals surface area (Å²) in [7, 11) is 0. The summed E-state index contributed by atoms with van der Waals surface area (Å²) >= 11 is 6.17. The zero-order chi connectivity index (χ0) is 19.1. The van der Waals surface area contributed by atoms with E-state index >= 15 is 0 Å². The van der Waals surface area contributed by atoms with E-state index in [0.29, 0.717) is 53.3 Å². The maximum absolute atomic E-state index is 12.7. The number of amides is 1. The highest BCUT2D eigenvalue weighted by molar-refractivity contribution is 6.34. The van der Waals surface area contributed by atoms with Gasteiger partial charge in [-0.05, 0) is 57.5 Å². The maximum atomic E-state index is 12.7. The smallest absolute Gasteiger partial charge is 0.255 e. The van der Waals surface area contributed by atoms with Gasteiger partial charge in [0.05, 0.1) is 30.5 Å². The van der Waals surface area contributed by atoms with Crippen molar-refractivity contribution in [1.82, 2.24) is 0 Å². The van der Waals surface area contributed by atoms with Gasteiger partial charge in [0.25, 0.3) is 5.91 Å². The quantitative estimate of drug-likeness (QED) is 0.695. The van der Waals surface area contributed by atoms with Crippen LogP contribution < -0.4 is 19.5 Å². The fourth-order valence-corrected chi connectivity index (χ4v) is 2.61. The molecule has 2 rings (SSSR count). The van der Waals surface area contributed by atoms with Crippen LogP contribution in [0.4, 0.5) is 5.69 Å². The molecule has 2 aromatic rings. The van der Waals surface area contributed by atoms with E-state index in [2.05, 4.69) is 5.32 Å². The molecule has 0 radical (unpaired) electrons. The highest BCUT2D eigenvalue weighted by Gasteiger charge is 2.19. The van der Waals surface area contributed by atoms with Crippen molar-refractivity contribution in [2.24, 2.45) is 0 Å². The summed E-state index contributed by atoms with van der Waals surface area (Å²) in [5.74, 6) is 1.14. The van der Waals surface area contributed by atoms with Crippen LogP contribution in [0.25, 0.3) is 0 Å². The minimum absolute atomic E-state index is 0.303. The number of benzene rings is 2. The van der Waals surface area contributed by atoms with E-state index in [1.807, 2.05) is 39.8 Å². The van der Waals surface area contributed by atoms with Gasteiger partial charge in [-0.1, -0.05) is 17.7 Å². The van der Waals surface area contributed by atoms with Gasteiger partial charge in [-0.15, -0.1) is 0 Å². The van der Waals surface area contributed by atoms with E-state index in [-0.39, 0.29) is 5.91 Å². The third kappa shape index (κ3) is 4.82. The Labute approximate surface area is 159 Å². The van der Waals surface area contributed by atoms with Crippen molar-refractivity contribution in [3.8, 4) is 17.2 Å². The Balaban J connectivity index is 2.40. The number of nitrogens with one attached hydrogen (secondary N) is 1. The van der Waals surface area contributed by atoms with E-state index in [9.17, 15) is 4.79 Å². The largest absolute Gasteiger partial charge is 0.490 e. The second kappa shape index (κ2) is 9.34. The van der Waals surface area contributed by atoms with Crippen LogP contribution in [-0.2, 0) is 0 Å². The van der Waals surface area contributed by atoms with Crippen molar-refractivity contribution in [3.63, 3.8) is 0 Å². The fraction of sp³-hybridized carbons (Fsp3) is 0.350. The molecule has 0 spiro atoms. The van der Waals surface area contributed by atoms with Gasteiger partial charge in [-0.25, -0.2) is 0 Å². The lowest BCUT2D eigenvalue weighted by atomic mass is 10.1. The summed E-state index contributed by atoms with van der Waals surface area (Å²) in [6.45, 7) is 8.91. The molecule has 1 N–H and O–H groups in total. The predicted molar refractivity (Wildman–Crippen MR) is 104 cm³/mol. The van der Waals surface area contributed by atoms with Crippen molar-refractivity contribution in [3.05, 3.63) is 46.5 Å². The minimum atomic E-state index is -0.303. The second-order valence-electron chi connectivity index (χ2n) is 5.54. The van der Waals surface area contributed by atoms with Gasteiger partial charge in [0.15, 0.2) is 11.5 Å². The first-order valence-electron chi connectivity index (χ1n) is 8.64. The number of hydrogen-bond acceptors (Lipinski definition) is 4. The molecule has 26 heavy (non-hydrogen) atoms. The van der Waals surface area contributed by atoms with Gasteiger partial charge in [0.1, 0.15) is 0 Å². The van der Waals surface area contributed by atoms with Gasteiger partial charge in [-0.2, -0.15) is 0 Å². The highest BCUT2D eigenvalue weighted by Crippen LogP contribution is 2.39. The number of rotatable bonds is 8. The first-order chi connectivity index (χ1) is 12.5. The molecule has 0 aliphatic rings. The molecule has 6 heteroatoms. The first-order valence-corrected chi connectivity index (χ1v) is 9.01. The lowest BCUT2D eigenvalue weighted by molar-refractivity contribution is 0.102. The molecule has 0 heterocycles. The van der Waals surface area contributed by atoms with Crippen molar-refractivity contribution < 1.29 is 19.0 Å². The van der Waals surface area contributed by atoms with Crippen LogP contribution in [0.1, 0.15) is 36.7 Å².